The Hall–Kier alpha value is -1.73. The summed E-state index contributed by atoms with van der Waals surface area (Å²) in [6.07, 6.45) is 0. The van der Waals surface area contributed by atoms with Gasteiger partial charge in [0.2, 0.25) is 0 Å². The molecule has 0 fully saturated rings. The third-order valence-electron chi connectivity index (χ3n) is 3.59. The number of nitrogens with one attached hydrogen (secondary N) is 1. The van der Waals surface area contributed by atoms with Gasteiger partial charge in [-0.3, -0.25) is 4.72 Å². The van der Waals surface area contributed by atoms with E-state index < -0.39 is 15.8 Å². The highest BCUT2D eigenvalue weighted by Crippen LogP contribution is 2.35. The number of thiol groups is 1. The number of anilines is 1. The van der Waals surface area contributed by atoms with Crippen LogP contribution in [-0.4, -0.2) is 8.42 Å². The third-order valence-corrected chi connectivity index (χ3v) is 5.84. The molecule has 0 atom stereocenters. The van der Waals surface area contributed by atoms with Crippen molar-refractivity contribution >= 4 is 51.5 Å². The van der Waals surface area contributed by atoms with Crippen LogP contribution in [0, 0.1) is 5.82 Å². The van der Waals surface area contributed by atoms with Crippen LogP contribution in [0.1, 0.15) is 0 Å². The second kappa shape index (κ2) is 7.48. The van der Waals surface area contributed by atoms with E-state index in [4.69, 9.17) is 23.2 Å². The number of hydrogen-bond acceptors (Lipinski definition) is 3. The highest BCUT2D eigenvalue weighted by molar-refractivity contribution is 7.92. The Balaban J connectivity index is 2.00. The summed E-state index contributed by atoms with van der Waals surface area (Å²) in [4.78, 5) is 0.0161. The van der Waals surface area contributed by atoms with E-state index in [1.807, 2.05) is 0 Å². The standard InChI is InChI=1S/C18H12Cl2FNO2S2/c19-12-8-11(9-13(20)10-12)15-6-7-16(17(21)18(15)25)22-26(23,24)14-4-2-1-3-5-14/h1-10,22,25H. The van der Waals surface area contributed by atoms with Crippen molar-refractivity contribution in [1.82, 2.24) is 0 Å². The predicted molar refractivity (Wildman–Crippen MR) is 106 cm³/mol. The molecule has 3 aromatic rings. The van der Waals surface area contributed by atoms with Gasteiger partial charge < -0.3 is 0 Å². The summed E-state index contributed by atoms with van der Waals surface area (Å²) in [5, 5.41) is 0.795. The van der Waals surface area contributed by atoms with Crippen molar-refractivity contribution in [3.8, 4) is 11.1 Å². The Morgan fingerprint density at radius 1 is 0.923 bits per heavy atom. The minimum Gasteiger partial charge on any atom is -0.277 e. The van der Waals surface area contributed by atoms with E-state index in [0.29, 0.717) is 21.2 Å². The molecule has 0 heterocycles. The lowest BCUT2D eigenvalue weighted by Gasteiger charge is -2.13. The van der Waals surface area contributed by atoms with Crippen LogP contribution in [0.3, 0.4) is 0 Å². The molecule has 8 heteroatoms. The second-order valence-corrected chi connectivity index (χ2v) is 8.40. The quantitative estimate of drug-likeness (QED) is 0.509. The molecule has 0 bridgehead atoms. The summed E-state index contributed by atoms with van der Waals surface area (Å²) < 4.78 is 41.7. The molecular formula is C18H12Cl2FNO2S2. The van der Waals surface area contributed by atoms with Crippen molar-refractivity contribution in [1.29, 1.82) is 0 Å². The topological polar surface area (TPSA) is 46.2 Å². The van der Waals surface area contributed by atoms with Gasteiger partial charge in [0.1, 0.15) is 0 Å². The molecule has 0 spiro atoms. The fourth-order valence-electron chi connectivity index (χ4n) is 2.39. The molecule has 1 N–H and O–H groups in total. The van der Waals surface area contributed by atoms with E-state index >= 15 is 0 Å². The molecule has 0 aromatic heterocycles. The third kappa shape index (κ3) is 3.99. The molecule has 0 aliphatic rings. The van der Waals surface area contributed by atoms with E-state index in [0.717, 1.165) is 0 Å². The van der Waals surface area contributed by atoms with Gasteiger partial charge in [-0.2, -0.15) is 0 Å². The van der Waals surface area contributed by atoms with Crippen LogP contribution in [0.4, 0.5) is 10.1 Å². The number of sulfonamides is 1. The maximum absolute atomic E-state index is 14.7. The van der Waals surface area contributed by atoms with Gasteiger partial charge >= 0.3 is 0 Å². The van der Waals surface area contributed by atoms with E-state index in [9.17, 15) is 12.8 Å². The van der Waals surface area contributed by atoms with E-state index in [1.54, 1.807) is 42.5 Å². The molecule has 0 saturated heterocycles. The number of halogens is 3. The SMILES string of the molecule is O=S(=O)(Nc1ccc(-c2cc(Cl)cc(Cl)c2)c(S)c1F)c1ccccc1. The Kier molecular flexibility index (Phi) is 5.48. The Morgan fingerprint density at radius 2 is 1.54 bits per heavy atom. The fraction of sp³-hybridized carbons (Fsp3) is 0. The van der Waals surface area contributed by atoms with Crippen LogP contribution in [0.25, 0.3) is 11.1 Å². The highest BCUT2D eigenvalue weighted by Gasteiger charge is 2.19. The lowest BCUT2D eigenvalue weighted by Crippen LogP contribution is -2.14. The van der Waals surface area contributed by atoms with E-state index in [1.165, 1.54) is 18.2 Å². The Labute approximate surface area is 166 Å². The summed E-state index contributed by atoms with van der Waals surface area (Å²) in [6, 6.07) is 15.4. The predicted octanol–water partition coefficient (Wildman–Crippen LogP) is 5.89. The van der Waals surface area contributed by atoms with Crippen molar-refractivity contribution in [2.45, 2.75) is 9.79 Å². The van der Waals surface area contributed by atoms with Gasteiger partial charge in [0.05, 0.1) is 10.6 Å². The second-order valence-electron chi connectivity index (χ2n) is 5.40. The zero-order valence-electron chi connectivity index (χ0n) is 13.1. The zero-order chi connectivity index (χ0) is 18.9. The molecular weight excluding hydrogens is 416 g/mol. The van der Waals surface area contributed by atoms with E-state index in [2.05, 4.69) is 17.4 Å². The van der Waals surface area contributed by atoms with Crippen molar-refractivity contribution in [3.63, 3.8) is 0 Å². The maximum Gasteiger partial charge on any atom is 0.261 e. The number of benzene rings is 3. The largest absolute Gasteiger partial charge is 0.277 e. The molecule has 0 amide bonds. The monoisotopic (exact) mass is 427 g/mol. The van der Waals surface area contributed by atoms with Crippen LogP contribution in [0.2, 0.25) is 10.0 Å². The highest BCUT2D eigenvalue weighted by atomic mass is 35.5. The number of rotatable bonds is 4. The van der Waals surface area contributed by atoms with E-state index in [-0.39, 0.29) is 15.5 Å². The van der Waals surface area contributed by atoms with Crippen molar-refractivity contribution < 1.29 is 12.8 Å². The molecule has 0 aliphatic heterocycles. The number of hydrogen-bond donors (Lipinski definition) is 2. The molecule has 134 valence electrons. The normalized spacial score (nSPS) is 11.4. The molecule has 26 heavy (non-hydrogen) atoms. The Morgan fingerprint density at radius 3 is 2.15 bits per heavy atom. The van der Waals surface area contributed by atoms with Gasteiger partial charge in [-0.1, -0.05) is 47.5 Å². The van der Waals surface area contributed by atoms with Gasteiger partial charge in [0.15, 0.2) is 5.82 Å². The molecule has 3 rings (SSSR count). The Bertz CT molecular complexity index is 1050. The van der Waals surface area contributed by atoms with Crippen molar-refractivity contribution in [2.24, 2.45) is 0 Å². The smallest absolute Gasteiger partial charge is 0.261 e. The van der Waals surface area contributed by atoms with Gasteiger partial charge in [-0.05, 0) is 47.5 Å². The van der Waals surface area contributed by atoms with Gasteiger partial charge in [-0.25, -0.2) is 12.8 Å². The average molecular weight is 428 g/mol. The molecule has 0 radical (unpaired) electrons. The fourth-order valence-corrected chi connectivity index (χ4v) is 4.32. The summed E-state index contributed by atoms with van der Waals surface area (Å²) in [5.41, 5.74) is 0.817. The molecule has 0 aliphatic carbocycles. The van der Waals surface area contributed by atoms with Crippen molar-refractivity contribution in [2.75, 3.05) is 4.72 Å². The summed E-state index contributed by atoms with van der Waals surface area (Å²) >= 11 is 16.2. The van der Waals surface area contributed by atoms with Crippen molar-refractivity contribution in [3.05, 3.63) is 76.5 Å². The van der Waals surface area contributed by atoms with Crippen LogP contribution in [-0.2, 0) is 10.0 Å². The van der Waals surface area contributed by atoms with Crippen LogP contribution < -0.4 is 4.72 Å². The summed E-state index contributed by atoms with van der Waals surface area (Å²) in [7, 11) is -3.91. The first-order valence-electron chi connectivity index (χ1n) is 7.34. The zero-order valence-corrected chi connectivity index (χ0v) is 16.3. The minimum atomic E-state index is -3.91. The lowest BCUT2D eigenvalue weighted by molar-refractivity contribution is 0.594. The van der Waals surface area contributed by atoms with Gasteiger partial charge in [-0.15, -0.1) is 12.6 Å². The van der Waals surface area contributed by atoms with Crippen LogP contribution >= 0.6 is 35.8 Å². The summed E-state index contributed by atoms with van der Waals surface area (Å²) in [5.74, 6) is -0.790. The molecule has 3 nitrogen and oxygen atoms in total. The first-order chi connectivity index (χ1) is 12.3. The van der Waals surface area contributed by atoms with Crippen LogP contribution in [0.15, 0.2) is 70.5 Å². The summed E-state index contributed by atoms with van der Waals surface area (Å²) in [6.45, 7) is 0. The molecule has 0 saturated carbocycles. The van der Waals surface area contributed by atoms with Gasteiger partial charge in [0.25, 0.3) is 10.0 Å². The maximum atomic E-state index is 14.7. The molecule has 3 aromatic carbocycles. The molecule has 0 unspecified atom stereocenters. The van der Waals surface area contributed by atoms with Crippen LogP contribution in [0.5, 0.6) is 0 Å². The minimum absolute atomic E-state index is 0.0170. The lowest BCUT2D eigenvalue weighted by atomic mass is 10.0. The van der Waals surface area contributed by atoms with Gasteiger partial charge in [0, 0.05) is 14.9 Å². The first-order valence-corrected chi connectivity index (χ1v) is 10.0. The average Bonchev–Trinajstić information content (AvgIpc) is 2.59. The first kappa shape index (κ1) is 19.0.